The van der Waals surface area contributed by atoms with Gasteiger partial charge in [0.15, 0.2) is 0 Å². The average molecular weight is 266 g/mol. The number of ether oxygens (including phenoxy) is 1. The maximum Gasteiger partial charge on any atom is 0.149 e. The number of rotatable bonds is 2. The second kappa shape index (κ2) is 4.53. The van der Waals surface area contributed by atoms with Crippen molar-refractivity contribution in [2.45, 2.75) is 13.8 Å². The van der Waals surface area contributed by atoms with Crippen LogP contribution in [0.15, 0.2) is 12.1 Å². The second-order valence-corrected chi connectivity index (χ2v) is 4.69. The summed E-state index contributed by atoms with van der Waals surface area (Å²) in [4.78, 5) is 0. The SMILES string of the molecule is COc1cc(C)c(Cl)cc1-c1c(C)c(N)nn1C. The van der Waals surface area contributed by atoms with Crippen molar-refractivity contribution < 1.29 is 4.74 Å². The molecule has 1 aromatic heterocycles. The summed E-state index contributed by atoms with van der Waals surface area (Å²) in [6, 6.07) is 3.81. The molecule has 2 rings (SSSR count). The van der Waals surface area contributed by atoms with E-state index in [0.29, 0.717) is 10.8 Å². The summed E-state index contributed by atoms with van der Waals surface area (Å²) in [7, 11) is 3.49. The summed E-state index contributed by atoms with van der Waals surface area (Å²) in [5.41, 5.74) is 9.56. The molecule has 0 aliphatic carbocycles. The lowest BCUT2D eigenvalue weighted by Crippen LogP contribution is -1.98. The quantitative estimate of drug-likeness (QED) is 0.908. The molecule has 1 heterocycles. The Bertz CT molecular complexity index is 605. The molecule has 2 aromatic rings. The van der Waals surface area contributed by atoms with E-state index in [-0.39, 0.29) is 0 Å². The van der Waals surface area contributed by atoms with Crippen molar-refractivity contribution in [2.75, 3.05) is 12.8 Å². The van der Waals surface area contributed by atoms with Gasteiger partial charge in [0.1, 0.15) is 11.6 Å². The molecular weight excluding hydrogens is 250 g/mol. The van der Waals surface area contributed by atoms with Crippen LogP contribution < -0.4 is 10.5 Å². The monoisotopic (exact) mass is 265 g/mol. The van der Waals surface area contributed by atoms with Gasteiger partial charge < -0.3 is 10.5 Å². The molecule has 0 aliphatic rings. The number of nitrogen functional groups attached to an aromatic ring is 1. The Hall–Kier alpha value is -1.68. The third kappa shape index (κ3) is 1.93. The first-order valence-corrected chi connectivity index (χ1v) is 5.97. The van der Waals surface area contributed by atoms with Gasteiger partial charge in [-0.05, 0) is 31.5 Å². The maximum atomic E-state index is 6.19. The minimum absolute atomic E-state index is 0.520. The Morgan fingerprint density at radius 2 is 2.00 bits per heavy atom. The zero-order valence-corrected chi connectivity index (χ0v) is 11.7. The fourth-order valence-corrected chi connectivity index (χ4v) is 2.20. The van der Waals surface area contributed by atoms with Crippen molar-refractivity contribution >= 4 is 17.4 Å². The molecule has 0 fully saturated rings. The number of anilines is 1. The summed E-state index contributed by atoms with van der Waals surface area (Å²) in [6.07, 6.45) is 0. The summed E-state index contributed by atoms with van der Waals surface area (Å²) in [6.45, 7) is 3.88. The van der Waals surface area contributed by atoms with E-state index in [1.165, 1.54) is 0 Å². The molecule has 0 aliphatic heterocycles. The van der Waals surface area contributed by atoms with Gasteiger partial charge in [0.05, 0.1) is 12.8 Å². The molecule has 0 radical (unpaired) electrons. The zero-order chi connectivity index (χ0) is 13.4. The van der Waals surface area contributed by atoms with Crippen LogP contribution in [0.4, 0.5) is 5.82 Å². The lowest BCUT2D eigenvalue weighted by atomic mass is 10.0. The molecule has 0 spiro atoms. The Morgan fingerprint density at radius 1 is 1.33 bits per heavy atom. The standard InChI is InChI=1S/C13H16ClN3O/c1-7-5-11(18-4)9(6-10(7)14)12-8(2)13(15)16-17(12)3/h5-6H,1-4H3,(H2,15,16). The van der Waals surface area contributed by atoms with Gasteiger partial charge in [0.25, 0.3) is 0 Å². The van der Waals surface area contributed by atoms with E-state index in [1.807, 2.05) is 33.0 Å². The molecule has 4 nitrogen and oxygen atoms in total. The second-order valence-electron chi connectivity index (χ2n) is 4.28. The van der Waals surface area contributed by atoms with Gasteiger partial charge in [-0.1, -0.05) is 11.6 Å². The number of nitrogens with zero attached hydrogens (tertiary/aromatic N) is 2. The summed E-state index contributed by atoms with van der Waals surface area (Å²) < 4.78 is 7.16. The predicted molar refractivity (Wildman–Crippen MR) is 74.1 cm³/mol. The van der Waals surface area contributed by atoms with Crippen molar-refractivity contribution in [1.82, 2.24) is 9.78 Å². The molecule has 1 aromatic carbocycles. The Labute approximate surface area is 111 Å². The van der Waals surface area contributed by atoms with Crippen molar-refractivity contribution in [3.8, 4) is 17.0 Å². The molecule has 0 amide bonds. The van der Waals surface area contributed by atoms with Gasteiger partial charge in [-0.15, -0.1) is 0 Å². The molecule has 96 valence electrons. The third-order valence-corrected chi connectivity index (χ3v) is 3.46. The molecule has 0 atom stereocenters. The van der Waals surface area contributed by atoms with Crippen LogP contribution in [0.3, 0.4) is 0 Å². The fraction of sp³-hybridized carbons (Fsp3) is 0.308. The smallest absolute Gasteiger partial charge is 0.149 e. The summed E-state index contributed by atoms with van der Waals surface area (Å²) >= 11 is 6.19. The van der Waals surface area contributed by atoms with Gasteiger partial charge >= 0.3 is 0 Å². The van der Waals surface area contributed by atoms with Crippen LogP contribution in [-0.4, -0.2) is 16.9 Å². The molecule has 2 N–H and O–H groups in total. The van der Waals surface area contributed by atoms with Crippen LogP contribution in [0, 0.1) is 13.8 Å². The highest BCUT2D eigenvalue weighted by atomic mass is 35.5. The van der Waals surface area contributed by atoms with E-state index in [2.05, 4.69) is 5.10 Å². The van der Waals surface area contributed by atoms with Crippen LogP contribution in [0.5, 0.6) is 5.75 Å². The van der Waals surface area contributed by atoms with Gasteiger partial charge in [-0.2, -0.15) is 5.10 Å². The van der Waals surface area contributed by atoms with E-state index in [4.69, 9.17) is 22.1 Å². The number of benzene rings is 1. The van der Waals surface area contributed by atoms with Crippen molar-refractivity contribution in [3.63, 3.8) is 0 Å². The highest BCUT2D eigenvalue weighted by molar-refractivity contribution is 6.31. The Balaban J connectivity index is 2.74. The van der Waals surface area contributed by atoms with Crippen LogP contribution in [0.2, 0.25) is 5.02 Å². The van der Waals surface area contributed by atoms with Gasteiger partial charge in [-0.25, -0.2) is 0 Å². The third-order valence-electron chi connectivity index (χ3n) is 3.06. The van der Waals surface area contributed by atoms with Gasteiger partial charge in [0.2, 0.25) is 0 Å². The number of aromatic nitrogens is 2. The summed E-state index contributed by atoms with van der Waals surface area (Å²) in [5, 5.41) is 4.91. The molecular formula is C13H16ClN3O. The van der Waals surface area contributed by atoms with E-state index < -0.39 is 0 Å². The first-order chi connectivity index (χ1) is 8.45. The van der Waals surface area contributed by atoms with E-state index in [1.54, 1.807) is 11.8 Å². The van der Waals surface area contributed by atoms with E-state index in [0.717, 1.165) is 28.1 Å². The van der Waals surface area contributed by atoms with E-state index >= 15 is 0 Å². The first-order valence-electron chi connectivity index (χ1n) is 5.59. The predicted octanol–water partition coefficient (Wildman–Crippen LogP) is 2.95. The van der Waals surface area contributed by atoms with Crippen LogP contribution in [-0.2, 0) is 7.05 Å². The topological polar surface area (TPSA) is 53.1 Å². The average Bonchev–Trinajstić information content (AvgIpc) is 2.57. The molecule has 0 bridgehead atoms. The number of halogens is 1. The van der Waals surface area contributed by atoms with Crippen molar-refractivity contribution in [2.24, 2.45) is 7.05 Å². The number of hydrogen-bond acceptors (Lipinski definition) is 3. The number of aryl methyl sites for hydroxylation is 2. The van der Waals surface area contributed by atoms with Crippen LogP contribution in [0.25, 0.3) is 11.3 Å². The Morgan fingerprint density at radius 3 is 2.50 bits per heavy atom. The van der Waals surface area contributed by atoms with Crippen molar-refractivity contribution in [3.05, 3.63) is 28.3 Å². The summed E-state index contributed by atoms with van der Waals surface area (Å²) in [5.74, 6) is 1.29. The Kier molecular flexibility index (Phi) is 3.22. The largest absolute Gasteiger partial charge is 0.496 e. The van der Waals surface area contributed by atoms with Crippen LogP contribution in [0.1, 0.15) is 11.1 Å². The maximum absolute atomic E-state index is 6.19. The minimum atomic E-state index is 0.520. The molecule has 0 saturated heterocycles. The fourth-order valence-electron chi connectivity index (χ4n) is 2.04. The van der Waals surface area contributed by atoms with Crippen LogP contribution >= 0.6 is 11.6 Å². The van der Waals surface area contributed by atoms with E-state index in [9.17, 15) is 0 Å². The van der Waals surface area contributed by atoms with Crippen molar-refractivity contribution in [1.29, 1.82) is 0 Å². The highest BCUT2D eigenvalue weighted by Gasteiger charge is 2.17. The first kappa shape index (κ1) is 12.8. The zero-order valence-electron chi connectivity index (χ0n) is 10.9. The number of nitrogens with two attached hydrogens (primary N) is 1. The number of methoxy groups -OCH3 is 1. The molecule has 0 saturated carbocycles. The molecule has 18 heavy (non-hydrogen) atoms. The molecule has 5 heteroatoms. The minimum Gasteiger partial charge on any atom is -0.496 e. The van der Waals surface area contributed by atoms with Gasteiger partial charge in [0, 0.05) is 23.2 Å². The lowest BCUT2D eigenvalue weighted by Gasteiger charge is -2.12. The normalized spacial score (nSPS) is 10.7. The number of hydrogen-bond donors (Lipinski definition) is 1. The highest BCUT2D eigenvalue weighted by Crippen LogP contribution is 2.37. The lowest BCUT2D eigenvalue weighted by molar-refractivity contribution is 0.415. The van der Waals surface area contributed by atoms with Gasteiger partial charge in [-0.3, -0.25) is 4.68 Å². The molecule has 0 unspecified atom stereocenters.